The minimum atomic E-state index is -3.80. The van der Waals surface area contributed by atoms with E-state index >= 15 is 0 Å². The van der Waals surface area contributed by atoms with Gasteiger partial charge in [0.15, 0.2) is 9.84 Å². The number of hydrogen-bond acceptors (Lipinski definition) is 7. The number of halogens is 1. The lowest BCUT2D eigenvalue weighted by molar-refractivity contribution is 0.0547. The summed E-state index contributed by atoms with van der Waals surface area (Å²) in [6.45, 7) is 8.51. The Morgan fingerprint density at radius 1 is 1.20 bits per heavy atom. The van der Waals surface area contributed by atoms with Gasteiger partial charge in [0.2, 0.25) is 0 Å². The summed E-state index contributed by atoms with van der Waals surface area (Å²) in [4.78, 5) is 33.7. The molecule has 10 heteroatoms. The first-order valence-corrected chi connectivity index (χ1v) is 12.9. The van der Waals surface area contributed by atoms with Gasteiger partial charge in [-0.1, -0.05) is 30.7 Å². The Morgan fingerprint density at radius 3 is 2.54 bits per heavy atom. The minimum absolute atomic E-state index is 0.0195. The molecule has 0 unspecified atom stereocenters. The van der Waals surface area contributed by atoms with Crippen molar-refractivity contribution in [3.8, 4) is 11.4 Å². The molecule has 0 radical (unpaired) electrons. The smallest absolute Gasteiger partial charge is 0.419 e. The van der Waals surface area contributed by atoms with E-state index in [2.05, 4.69) is 9.97 Å². The van der Waals surface area contributed by atoms with E-state index in [-0.39, 0.29) is 27.1 Å². The molecule has 3 aromatic heterocycles. The van der Waals surface area contributed by atoms with Crippen LogP contribution in [0.4, 0.5) is 4.79 Å². The Kier molecular flexibility index (Phi) is 6.19. The minimum Gasteiger partial charge on any atom is -0.443 e. The molecule has 4 rings (SSSR count). The second kappa shape index (κ2) is 8.73. The first kappa shape index (κ1) is 24.8. The van der Waals surface area contributed by atoms with Crippen molar-refractivity contribution in [1.29, 1.82) is 0 Å². The molecule has 35 heavy (non-hydrogen) atoms. The highest BCUT2D eigenvalue weighted by atomic mass is 35.5. The number of carbonyl (C=O) groups excluding carboxylic acids is 2. The van der Waals surface area contributed by atoms with Crippen LogP contribution in [0.5, 0.6) is 0 Å². The van der Waals surface area contributed by atoms with Gasteiger partial charge in [-0.15, -0.1) is 0 Å². The van der Waals surface area contributed by atoms with Crippen molar-refractivity contribution in [1.82, 2.24) is 14.5 Å². The van der Waals surface area contributed by atoms with Crippen molar-refractivity contribution in [3.05, 3.63) is 52.7 Å². The van der Waals surface area contributed by atoms with Crippen LogP contribution in [0.3, 0.4) is 0 Å². The Labute approximate surface area is 207 Å². The maximum Gasteiger partial charge on any atom is 0.419 e. The summed E-state index contributed by atoms with van der Waals surface area (Å²) in [5, 5.41) is 0.591. The molecule has 0 bridgehead atoms. The van der Waals surface area contributed by atoms with Gasteiger partial charge in [-0.25, -0.2) is 22.8 Å². The highest BCUT2D eigenvalue weighted by Crippen LogP contribution is 2.40. The molecule has 0 aliphatic rings. The Hall–Kier alpha value is -3.30. The molecule has 0 saturated carbocycles. The summed E-state index contributed by atoms with van der Waals surface area (Å²) < 4.78 is 33.2. The second-order valence-electron chi connectivity index (χ2n) is 9.17. The molecule has 8 nitrogen and oxygen atoms in total. The predicted molar refractivity (Wildman–Crippen MR) is 135 cm³/mol. The number of hydrogen-bond donors (Lipinski definition) is 0. The van der Waals surface area contributed by atoms with Crippen molar-refractivity contribution in [2.75, 3.05) is 5.75 Å². The summed E-state index contributed by atoms with van der Waals surface area (Å²) in [5.41, 5.74) is 1.39. The van der Waals surface area contributed by atoms with E-state index in [0.717, 1.165) is 5.56 Å². The van der Waals surface area contributed by atoms with Crippen molar-refractivity contribution in [3.63, 3.8) is 0 Å². The van der Waals surface area contributed by atoms with Crippen LogP contribution in [0.25, 0.3) is 33.3 Å². The van der Waals surface area contributed by atoms with Gasteiger partial charge in [-0.3, -0.25) is 9.78 Å². The Bertz CT molecular complexity index is 1620. The number of pyridine rings is 2. The molecule has 0 atom stereocenters. The van der Waals surface area contributed by atoms with Crippen LogP contribution < -0.4 is 0 Å². The van der Waals surface area contributed by atoms with Crippen LogP contribution in [0.1, 0.15) is 43.6 Å². The van der Waals surface area contributed by atoms with Crippen molar-refractivity contribution >= 4 is 55.8 Å². The molecule has 182 valence electrons. The van der Waals surface area contributed by atoms with Crippen LogP contribution in [-0.2, 0) is 14.6 Å². The van der Waals surface area contributed by atoms with Gasteiger partial charge >= 0.3 is 6.09 Å². The number of carbonyl (C=O) groups is 2. The number of ether oxygens (including phenoxy) is 1. The molecule has 0 aliphatic carbocycles. The highest BCUT2D eigenvalue weighted by molar-refractivity contribution is 7.91. The average Bonchev–Trinajstić information content (AvgIpc) is 3.08. The molecule has 0 N–H and O–H groups in total. The van der Waals surface area contributed by atoms with Gasteiger partial charge in [0.25, 0.3) is 0 Å². The molecule has 4 aromatic rings. The number of fused-ring (bicyclic) bond motifs is 2. The van der Waals surface area contributed by atoms with Gasteiger partial charge < -0.3 is 4.74 Å². The fraction of sp³-hybridized carbons (Fsp3) is 0.280. The number of rotatable bonds is 4. The van der Waals surface area contributed by atoms with Crippen molar-refractivity contribution in [2.45, 2.75) is 45.1 Å². The molecular weight excluding hydrogens is 490 g/mol. The standard InChI is InChI=1S/C25H24ClN3O5S/c1-6-35(32,33)19-11-16-8-7-15(13-30)10-17(16)28-22(19)23-20(26)21-18(9-14(2)12-27-21)29(23)24(31)34-25(3,4)5/h7-13H,6H2,1-5H3. The van der Waals surface area contributed by atoms with Gasteiger partial charge in [0.1, 0.15) is 28.8 Å². The van der Waals surface area contributed by atoms with Crippen molar-refractivity contribution in [2.24, 2.45) is 0 Å². The Morgan fingerprint density at radius 2 is 1.91 bits per heavy atom. The van der Waals surface area contributed by atoms with Gasteiger partial charge in [-0.2, -0.15) is 0 Å². The van der Waals surface area contributed by atoms with E-state index in [9.17, 15) is 18.0 Å². The van der Waals surface area contributed by atoms with Crippen LogP contribution in [-0.4, -0.2) is 46.7 Å². The van der Waals surface area contributed by atoms with E-state index in [0.29, 0.717) is 33.8 Å². The fourth-order valence-electron chi connectivity index (χ4n) is 3.73. The lowest BCUT2D eigenvalue weighted by Gasteiger charge is -2.21. The number of aryl methyl sites for hydroxylation is 1. The van der Waals surface area contributed by atoms with Crippen LogP contribution in [0, 0.1) is 6.92 Å². The van der Waals surface area contributed by atoms with Crippen molar-refractivity contribution < 1.29 is 22.7 Å². The normalized spacial score (nSPS) is 12.3. The summed E-state index contributed by atoms with van der Waals surface area (Å²) >= 11 is 6.76. The molecule has 1 aromatic carbocycles. The van der Waals surface area contributed by atoms with E-state index in [4.69, 9.17) is 16.3 Å². The Balaban J connectivity index is 2.18. The molecule has 0 fully saturated rings. The number of nitrogens with zero attached hydrogens (tertiary/aromatic N) is 3. The molecule has 0 amide bonds. The summed E-state index contributed by atoms with van der Waals surface area (Å²) in [7, 11) is -3.80. The van der Waals surface area contributed by atoms with E-state index in [1.165, 1.54) is 17.6 Å². The lowest BCUT2D eigenvalue weighted by Crippen LogP contribution is -2.27. The average molecular weight is 514 g/mol. The maximum absolute atomic E-state index is 13.4. The number of aromatic nitrogens is 3. The van der Waals surface area contributed by atoms with Crippen LogP contribution in [0.2, 0.25) is 5.02 Å². The maximum atomic E-state index is 13.4. The van der Waals surface area contributed by atoms with E-state index in [1.54, 1.807) is 51.2 Å². The van der Waals surface area contributed by atoms with E-state index < -0.39 is 21.5 Å². The lowest BCUT2D eigenvalue weighted by atomic mass is 10.1. The summed E-state index contributed by atoms with van der Waals surface area (Å²) in [6.07, 6.45) is 1.53. The molecule has 0 aliphatic heterocycles. The topological polar surface area (TPSA) is 108 Å². The molecule has 0 saturated heterocycles. The predicted octanol–water partition coefficient (Wildman–Crippen LogP) is 5.60. The quantitative estimate of drug-likeness (QED) is 0.326. The van der Waals surface area contributed by atoms with Gasteiger partial charge in [0, 0.05) is 17.1 Å². The second-order valence-corrected chi connectivity index (χ2v) is 11.8. The zero-order valence-electron chi connectivity index (χ0n) is 19.9. The third kappa shape index (κ3) is 4.53. The summed E-state index contributed by atoms with van der Waals surface area (Å²) in [6, 6.07) is 7.96. The van der Waals surface area contributed by atoms with E-state index in [1.807, 2.05) is 6.92 Å². The molecular formula is C25H24ClN3O5S. The first-order valence-electron chi connectivity index (χ1n) is 10.9. The monoisotopic (exact) mass is 513 g/mol. The van der Waals surface area contributed by atoms with Crippen LogP contribution >= 0.6 is 11.6 Å². The van der Waals surface area contributed by atoms with Crippen LogP contribution in [0.15, 0.2) is 41.4 Å². The molecule has 3 heterocycles. The summed E-state index contributed by atoms with van der Waals surface area (Å²) in [5.74, 6) is -0.193. The zero-order chi connectivity index (χ0) is 25.7. The number of benzene rings is 1. The number of aldehydes is 1. The largest absolute Gasteiger partial charge is 0.443 e. The third-order valence-electron chi connectivity index (χ3n) is 5.34. The first-order chi connectivity index (χ1) is 16.4. The highest BCUT2D eigenvalue weighted by Gasteiger charge is 2.31. The number of sulfone groups is 1. The third-order valence-corrected chi connectivity index (χ3v) is 7.44. The SMILES string of the molecule is CCS(=O)(=O)c1cc2ccc(C=O)cc2nc1-c1c(Cl)c2ncc(C)cc2n1C(=O)OC(C)(C)C. The van der Waals surface area contributed by atoms with Gasteiger partial charge in [-0.05, 0) is 51.5 Å². The molecule has 0 spiro atoms. The fourth-order valence-corrected chi connectivity index (χ4v) is 5.11. The van der Waals surface area contributed by atoms with Gasteiger partial charge in [0.05, 0.1) is 26.7 Å². The zero-order valence-corrected chi connectivity index (χ0v) is 21.5.